The Morgan fingerprint density at radius 3 is 2.33 bits per heavy atom. The summed E-state index contributed by atoms with van der Waals surface area (Å²) < 4.78 is 26.5. The van der Waals surface area contributed by atoms with Gasteiger partial charge in [-0.15, -0.1) is 0 Å². The topological polar surface area (TPSA) is 46.6 Å². The SMILES string of the molecule is CCOS(=O)(=O)CCCN(C)C. The van der Waals surface area contributed by atoms with Crippen molar-refractivity contribution in [3.8, 4) is 0 Å². The highest BCUT2D eigenvalue weighted by molar-refractivity contribution is 7.86. The molecule has 4 nitrogen and oxygen atoms in total. The van der Waals surface area contributed by atoms with Crippen LogP contribution >= 0.6 is 0 Å². The summed E-state index contributed by atoms with van der Waals surface area (Å²) in [5.74, 6) is 0.110. The molecule has 0 aromatic heterocycles. The number of rotatable bonds is 6. The summed E-state index contributed by atoms with van der Waals surface area (Å²) in [6.07, 6.45) is 0.620. The fraction of sp³-hybridized carbons (Fsp3) is 1.00. The first-order chi connectivity index (χ1) is 5.48. The van der Waals surface area contributed by atoms with Crippen LogP contribution in [0.15, 0.2) is 0 Å². The Balaban J connectivity index is 3.62. The van der Waals surface area contributed by atoms with Gasteiger partial charge in [-0.3, -0.25) is 4.18 Å². The van der Waals surface area contributed by atoms with Crippen molar-refractivity contribution < 1.29 is 12.6 Å². The summed E-state index contributed by atoms with van der Waals surface area (Å²) in [5, 5.41) is 0. The van der Waals surface area contributed by atoms with E-state index in [1.165, 1.54) is 0 Å². The minimum absolute atomic E-state index is 0.110. The van der Waals surface area contributed by atoms with Crippen LogP contribution in [-0.4, -0.2) is 46.3 Å². The molecule has 0 unspecified atom stereocenters. The van der Waals surface area contributed by atoms with Gasteiger partial charge >= 0.3 is 0 Å². The Morgan fingerprint density at radius 1 is 1.33 bits per heavy atom. The number of hydrogen-bond donors (Lipinski definition) is 0. The molecule has 0 N–H and O–H groups in total. The minimum Gasteiger partial charge on any atom is -0.309 e. The second-order valence-electron chi connectivity index (χ2n) is 2.83. The van der Waals surface area contributed by atoms with Crippen molar-refractivity contribution in [3.05, 3.63) is 0 Å². The second-order valence-corrected chi connectivity index (χ2v) is 4.58. The third-order valence-electron chi connectivity index (χ3n) is 1.30. The standard InChI is InChI=1S/C7H17NO3S/c1-4-11-12(9,10)7-5-6-8(2)3/h4-7H2,1-3H3. The van der Waals surface area contributed by atoms with E-state index in [1.54, 1.807) is 6.92 Å². The van der Waals surface area contributed by atoms with E-state index in [-0.39, 0.29) is 12.4 Å². The molecule has 0 saturated carbocycles. The van der Waals surface area contributed by atoms with Crippen molar-refractivity contribution in [2.24, 2.45) is 0 Å². The van der Waals surface area contributed by atoms with Gasteiger partial charge < -0.3 is 4.90 Å². The maximum absolute atomic E-state index is 11.0. The molecule has 0 aromatic carbocycles. The van der Waals surface area contributed by atoms with Crippen molar-refractivity contribution in [2.45, 2.75) is 13.3 Å². The summed E-state index contributed by atoms with van der Waals surface area (Å²) >= 11 is 0. The highest BCUT2D eigenvalue weighted by atomic mass is 32.2. The molecule has 0 spiro atoms. The first kappa shape index (κ1) is 11.9. The molecule has 0 aliphatic carbocycles. The zero-order chi connectivity index (χ0) is 9.61. The number of hydrogen-bond acceptors (Lipinski definition) is 4. The lowest BCUT2D eigenvalue weighted by molar-refractivity contribution is 0.334. The third-order valence-corrected chi connectivity index (χ3v) is 2.68. The first-order valence-corrected chi connectivity index (χ1v) is 5.57. The molecule has 0 fully saturated rings. The van der Waals surface area contributed by atoms with E-state index in [1.807, 2.05) is 19.0 Å². The quantitative estimate of drug-likeness (QED) is 0.572. The summed E-state index contributed by atoms with van der Waals surface area (Å²) in [7, 11) is 0.566. The van der Waals surface area contributed by atoms with E-state index in [4.69, 9.17) is 0 Å². The Labute approximate surface area is 74.6 Å². The molecule has 5 heteroatoms. The fourth-order valence-corrected chi connectivity index (χ4v) is 1.76. The molecule has 12 heavy (non-hydrogen) atoms. The van der Waals surface area contributed by atoms with Crippen molar-refractivity contribution >= 4 is 10.1 Å². The van der Waals surface area contributed by atoms with E-state index in [9.17, 15) is 8.42 Å². The van der Waals surface area contributed by atoms with Crippen LogP contribution in [-0.2, 0) is 14.3 Å². The summed E-state index contributed by atoms with van der Waals surface area (Å²) in [4.78, 5) is 1.95. The molecular weight excluding hydrogens is 178 g/mol. The maximum Gasteiger partial charge on any atom is 0.267 e. The molecular formula is C7H17NO3S. The van der Waals surface area contributed by atoms with Gasteiger partial charge in [0, 0.05) is 0 Å². The van der Waals surface area contributed by atoms with Crippen molar-refractivity contribution in [1.29, 1.82) is 0 Å². The molecule has 0 aromatic rings. The molecule has 0 heterocycles. The van der Waals surface area contributed by atoms with Gasteiger partial charge in [-0.1, -0.05) is 0 Å². The second kappa shape index (κ2) is 5.50. The van der Waals surface area contributed by atoms with Crippen LogP contribution in [0.2, 0.25) is 0 Å². The van der Waals surface area contributed by atoms with Crippen LogP contribution in [0.1, 0.15) is 13.3 Å². The fourth-order valence-electron chi connectivity index (χ4n) is 0.796. The van der Waals surface area contributed by atoms with Crippen LogP contribution in [0.3, 0.4) is 0 Å². The van der Waals surface area contributed by atoms with Gasteiger partial charge in [0.25, 0.3) is 10.1 Å². The third kappa shape index (κ3) is 6.57. The van der Waals surface area contributed by atoms with Gasteiger partial charge in [0.2, 0.25) is 0 Å². The van der Waals surface area contributed by atoms with E-state index in [0.29, 0.717) is 6.42 Å². The highest BCUT2D eigenvalue weighted by Crippen LogP contribution is 1.96. The molecule has 0 radical (unpaired) electrons. The Hall–Kier alpha value is -0.130. The van der Waals surface area contributed by atoms with E-state index in [2.05, 4.69) is 4.18 Å². The zero-order valence-electron chi connectivity index (χ0n) is 7.91. The summed E-state index contributed by atoms with van der Waals surface area (Å²) in [6.45, 7) is 2.67. The van der Waals surface area contributed by atoms with Crippen LogP contribution in [0, 0.1) is 0 Å². The lowest BCUT2D eigenvalue weighted by Crippen LogP contribution is -2.18. The van der Waals surface area contributed by atoms with Crippen molar-refractivity contribution in [2.75, 3.05) is 33.0 Å². The van der Waals surface area contributed by atoms with Gasteiger partial charge in [-0.2, -0.15) is 8.42 Å². The van der Waals surface area contributed by atoms with Crippen molar-refractivity contribution in [3.63, 3.8) is 0 Å². The Bertz CT molecular complexity index is 199. The maximum atomic E-state index is 11.0. The summed E-state index contributed by atoms with van der Waals surface area (Å²) in [5.41, 5.74) is 0. The Morgan fingerprint density at radius 2 is 1.92 bits per heavy atom. The van der Waals surface area contributed by atoms with Gasteiger partial charge in [-0.25, -0.2) is 0 Å². The molecule has 0 atom stereocenters. The first-order valence-electron chi connectivity index (χ1n) is 4.00. The molecule has 0 aliphatic rings. The smallest absolute Gasteiger partial charge is 0.267 e. The van der Waals surface area contributed by atoms with Crippen LogP contribution in [0.5, 0.6) is 0 Å². The minimum atomic E-state index is -3.25. The monoisotopic (exact) mass is 195 g/mol. The molecule has 0 rings (SSSR count). The van der Waals surface area contributed by atoms with Crippen LogP contribution in [0.4, 0.5) is 0 Å². The van der Waals surface area contributed by atoms with E-state index in [0.717, 1.165) is 6.54 Å². The normalized spacial score (nSPS) is 12.3. The molecule has 0 amide bonds. The largest absolute Gasteiger partial charge is 0.309 e. The molecule has 74 valence electrons. The van der Waals surface area contributed by atoms with E-state index >= 15 is 0 Å². The van der Waals surface area contributed by atoms with Crippen LogP contribution in [0.25, 0.3) is 0 Å². The number of nitrogens with zero attached hydrogens (tertiary/aromatic N) is 1. The average molecular weight is 195 g/mol. The lowest BCUT2D eigenvalue weighted by atomic mass is 10.5. The van der Waals surface area contributed by atoms with Gasteiger partial charge in [0.05, 0.1) is 12.4 Å². The van der Waals surface area contributed by atoms with Gasteiger partial charge in [0.1, 0.15) is 0 Å². The molecule has 0 saturated heterocycles. The molecule has 0 aliphatic heterocycles. The van der Waals surface area contributed by atoms with Gasteiger partial charge in [-0.05, 0) is 34.0 Å². The van der Waals surface area contributed by atoms with Crippen LogP contribution < -0.4 is 0 Å². The Kier molecular flexibility index (Phi) is 5.44. The predicted molar refractivity (Wildman–Crippen MR) is 48.6 cm³/mol. The van der Waals surface area contributed by atoms with Crippen molar-refractivity contribution in [1.82, 2.24) is 4.90 Å². The zero-order valence-corrected chi connectivity index (χ0v) is 8.73. The van der Waals surface area contributed by atoms with E-state index < -0.39 is 10.1 Å². The molecule has 0 bridgehead atoms. The van der Waals surface area contributed by atoms with Gasteiger partial charge in [0.15, 0.2) is 0 Å². The average Bonchev–Trinajstić information content (AvgIpc) is 1.85. The predicted octanol–water partition coefficient (Wildman–Crippen LogP) is 0.304. The summed E-state index contributed by atoms with van der Waals surface area (Å²) in [6, 6.07) is 0. The highest BCUT2D eigenvalue weighted by Gasteiger charge is 2.08. The lowest BCUT2D eigenvalue weighted by Gasteiger charge is -2.08.